The molecule has 1 atom stereocenters. The van der Waals surface area contributed by atoms with Crippen molar-refractivity contribution in [3.8, 4) is 0 Å². The molecular formula is C23H27F3N2O3. The number of nitrogens with one attached hydrogen (secondary N) is 1. The first-order valence-corrected chi connectivity index (χ1v) is 10.5. The fraction of sp³-hybridized carbons (Fsp3) is 0.522. The number of nitrogens with zero attached hydrogens (tertiary/aromatic N) is 1. The molecule has 0 bridgehead atoms. The van der Waals surface area contributed by atoms with E-state index >= 15 is 0 Å². The number of amides is 1. The first kappa shape index (κ1) is 21.9. The van der Waals surface area contributed by atoms with Gasteiger partial charge in [-0.1, -0.05) is 18.2 Å². The van der Waals surface area contributed by atoms with Crippen LogP contribution in [0.25, 0.3) is 0 Å². The van der Waals surface area contributed by atoms with E-state index in [4.69, 9.17) is 9.15 Å². The van der Waals surface area contributed by atoms with Gasteiger partial charge in [-0.15, -0.1) is 0 Å². The lowest BCUT2D eigenvalue weighted by molar-refractivity contribution is -0.138. The zero-order valence-corrected chi connectivity index (χ0v) is 17.5. The summed E-state index contributed by atoms with van der Waals surface area (Å²) in [5.74, 6) is 1.46. The van der Waals surface area contributed by atoms with E-state index in [2.05, 4.69) is 10.2 Å². The van der Waals surface area contributed by atoms with Crippen molar-refractivity contribution in [2.45, 2.75) is 45.1 Å². The highest BCUT2D eigenvalue weighted by atomic mass is 19.4. The lowest BCUT2D eigenvalue weighted by atomic mass is 9.90. The molecule has 1 N–H and O–H groups in total. The molecule has 1 saturated carbocycles. The normalized spacial score (nSPS) is 20.7. The van der Waals surface area contributed by atoms with Gasteiger partial charge in [-0.3, -0.25) is 9.69 Å². The van der Waals surface area contributed by atoms with Crippen LogP contribution in [-0.4, -0.2) is 31.0 Å². The van der Waals surface area contributed by atoms with Crippen molar-refractivity contribution in [3.05, 3.63) is 59.0 Å². The molecule has 4 rings (SSSR count). The van der Waals surface area contributed by atoms with Crippen LogP contribution in [0.3, 0.4) is 0 Å². The van der Waals surface area contributed by atoms with Crippen LogP contribution >= 0.6 is 0 Å². The van der Waals surface area contributed by atoms with E-state index in [-0.39, 0.29) is 29.3 Å². The van der Waals surface area contributed by atoms with Crippen LogP contribution in [0.4, 0.5) is 13.2 Å². The first-order valence-electron chi connectivity index (χ1n) is 10.5. The molecule has 2 heterocycles. The summed E-state index contributed by atoms with van der Waals surface area (Å²) in [7, 11) is 1.63. The summed E-state index contributed by atoms with van der Waals surface area (Å²) in [6, 6.07) is 9.26. The van der Waals surface area contributed by atoms with Crippen molar-refractivity contribution in [2.24, 2.45) is 11.3 Å². The van der Waals surface area contributed by atoms with Gasteiger partial charge < -0.3 is 14.5 Å². The molecule has 2 aromatic rings. The number of methoxy groups -OCH3 is 1. The molecule has 168 valence electrons. The summed E-state index contributed by atoms with van der Waals surface area (Å²) in [5, 5.41) is 2.73. The maximum Gasteiger partial charge on any atom is 0.416 e. The molecule has 1 aliphatic heterocycles. The zero-order chi connectivity index (χ0) is 22.1. The number of hydrogen-bond donors (Lipinski definition) is 1. The summed E-state index contributed by atoms with van der Waals surface area (Å²) in [6.45, 7) is 2.83. The Morgan fingerprint density at radius 3 is 2.61 bits per heavy atom. The Kier molecular flexibility index (Phi) is 6.12. The largest absolute Gasteiger partial charge is 0.462 e. The number of hydrogen-bond acceptors (Lipinski definition) is 4. The Balaban J connectivity index is 1.26. The molecule has 1 spiro atoms. The minimum atomic E-state index is -4.42. The molecule has 0 radical (unpaired) electrons. The predicted molar refractivity (Wildman–Crippen MR) is 108 cm³/mol. The van der Waals surface area contributed by atoms with Crippen molar-refractivity contribution in [1.82, 2.24) is 10.2 Å². The van der Waals surface area contributed by atoms with E-state index in [0.717, 1.165) is 56.5 Å². The second kappa shape index (κ2) is 8.67. The molecule has 8 heteroatoms. The van der Waals surface area contributed by atoms with Crippen LogP contribution in [0.2, 0.25) is 0 Å². The van der Waals surface area contributed by atoms with Gasteiger partial charge in [0.1, 0.15) is 18.1 Å². The summed E-state index contributed by atoms with van der Waals surface area (Å²) < 4.78 is 50.2. The number of alkyl halides is 3. The molecular weight excluding hydrogens is 409 g/mol. The fourth-order valence-corrected chi connectivity index (χ4v) is 4.63. The third kappa shape index (κ3) is 4.96. The lowest BCUT2D eigenvalue weighted by Crippen LogP contribution is -2.36. The van der Waals surface area contributed by atoms with Crippen molar-refractivity contribution in [1.29, 1.82) is 0 Å². The Morgan fingerprint density at radius 2 is 1.90 bits per heavy atom. The highest BCUT2D eigenvalue weighted by molar-refractivity contribution is 5.82. The maximum absolute atomic E-state index is 13.1. The van der Waals surface area contributed by atoms with Gasteiger partial charge in [0.25, 0.3) is 0 Å². The molecule has 2 aliphatic rings. The molecule has 1 aliphatic carbocycles. The number of carbonyl (C=O) groups is 1. The average Bonchev–Trinajstić information content (AvgIpc) is 3.27. The summed E-state index contributed by atoms with van der Waals surface area (Å²) in [6.07, 6.45) is -1.79. The van der Waals surface area contributed by atoms with E-state index < -0.39 is 11.7 Å². The number of halogens is 3. The molecule has 1 amide bonds. The van der Waals surface area contributed by atoms with Crippen molar-refractivity contribution >= 4 is 5.91 Å². The molecule has 1 aromatic heterocycles. The Labute approximate surface area is 179 Å². The van der Waals surface area contributed by atoms with Gasteiger partial charge in [0, 0.05) is 19.6 Å². The second-order valence-electron chi connectivity index (χ2n) is 8.57. The third-order valence-corrected chi connectivity index (χ3v) is 6.52. The number of carbonyl (C=O) groups excluding carboxylic acids is 1. The van der Waals surface area contributed by atoms with Crippen molar-refractivity contribution < 1.29 is 27.1 Å². The van der Waals surface area contributed by atoms with Crippen molar-refractivity contribution in [3.63, 3.8) is 0 Å². The fourth-order valence-electron chi connectivity index (χ4n) is 4.63. The number of piperidine rings is 1. The topological polar surface area (TPSA) is 54.7 Å². The second-order valence-corrected chi connectivity index (χ2v) is 8.57. The van der Waals surface area contributed by atoms with E-state index in [1.165, 1.54) is 12.1 Å². The predicted octanol–water partition coefficient (Wildman–Crippen LogP) is 4.36. The van der Waals surface area contributed by atoms with Gasteiger partial charge in [0.15, 0.2) is 0 Å². The van der Waals surface area contributed by atoms with Crippen LogP contribution in [0, 0.1) is 11.3 Å². The zero-order valence-electron chi connectivity index (χ0n) is 17.5. The summed E-state index contributed by atoms with van der Waals surface area (Å²) in [5.41, 5.74) is -0.603. The van der Waals surface area contributed by atoms with Crippen molar-refractivity contribution in [2.75, 3.05) is 20.2 Å². The number of benzene rings is 1. The van der Waals surface area contributed by atoms with Crippen LogP contribution < -0.4 is 5.32 Å². The van der Waals surface area contributed by atoms with Gasteiger partial charge in [-0.05, 0) is 61.5 Å². The van der Waals surface area contributed by atoms with Crippen LogP contribution in [0.5, 0.6) is 0 Å². The SMILES string of the molecule is COCc1ccc(CN2CCC3(CC2)CC3C(=O)NCc2ccccc2C(F)(F)F)o1. The third-order valence-electron chi connectivity index (χ3n) is 6.52. The van der Waals surface area contributed by atoms with Gasteiger partial charge >= 0.3 is 6.18 Å². The molecule has 1 unspecified atom stereocenters. The van der Waals surface area contributed by atoms with Gasteiger partial charge in [0.05, 0.1) is 12.1 Å². The number of furan rings is 1. The minimum Gasteiger partial charge on any atom is -0.462 e. The molecule has 1 saturated heterocycles. The van der Waals surface area contributed by atoms with Gasteiger partial charge in [-0.2, -0.15) is 13.2 Å². The van der Waals surface area contributed by atoms with E-state index in [1.54, 1.807) is 13.2 Å². The Morgan fingerprint density at radius 1 is 1.19 bits per heavy atom. The Hall–Kier alpha value is -2.32. The van der Waals surface area contributed by atoms with Crippen LogP contribution in [0.15, 0.2) is 40.8 Å². The number of likely N-dealkylation sites (tertiary alicyclic amines) is 1. The molecule has 1 aromatic carbocycles. The van der Waals surface area contributed by atoms with Crippen LogP contribution in [0.1, 0.15) is 41.9 Å². The minimum absolute atomic E-state index is 0.00545. The van der Waals surface area contributed by atoms with E-state index in [1.807, 2.05) is 12.1 Å². The monoisotopic (exact) mass is 436 g/mol. The molecule has 31 heavy (non-hydrogen) atoms. The average molecular weight is 436 g/mol. The van der Waals surface area contributed by atoms with Gasteiger partial charge in [-0.25, -0.2) is 0 Å². The van der Waals surface area contributed by atoms with E-state index in [0.29, 0.717) is 6.61 Å². The smallest absolute Gasteiger partial charge is 0.416 e. The number of rotatable bonds is 7. The van der Waals surface area contributed by atoms with Crippen LogP contribution in [-0.2, 0) is 35.4 Å². The quantitative estimate of drug-likeness (QED) is 0.701. The van der Waals surface area contributed by atoms with E-state index in [9.17, 15) is 18.0 Å². The highest BCUT2D eigenvalue weighted by Gasteiger charge is 2.58. The first-order chi connectivity index (χ1) is 14.8. The molecule has 5 nitrogen and oxygen atoms in total. The molecule has 2 fully saturated rings. The van der Waals surface area contributed by atoms with Gasteiger partial charge in [0.2, 0.25) is 5.91 Å². The summed E-state index contributed by atoms with van der Waals surface area (Å²) >= 11 is 0. The Bertz CT molecular complexity index is 917. The maximum atomic E-state index is 13.1. The number of ether oxygens (including phenoxy) is 1. The highest BCUT2D eigenvalue weighted by Crippen LogP contribution is 2.59. The standard InChI is InChI=1S/C23H27F3N2O3/c1-30-15-18-7-6-17(31-18)14-28-10-8-22(9-11-28)12-20(22)21(29)27-13-16-4-2-3-5-19(16)23(24,25)26/h2-7,20H,8-15H2,1H3,(H,27,29). The summed E-state index contributed by atoms with van der Waals surface area (Å²) in [4.78, 5) is 14.9. The lowest BCUT2D eigenvalue weighted by Gasteiger charge is -2.32.